The molecular formula is C26H21N3O4S. The van der Waals surface area contributed by atoms with E-state index in [0.717, 1.165) is 11.4 Å². The minimum absolute atomic E-state index is 0.173. The third-order valence-electron chi connectivity index (χ3n) is 5.78. The van der Waals surface area contributed by atoms with Crippen molar-refractivity contribution in [3.05, 3.63) is 102 Å². The normalized spacial score (nSPS) is 17.4. The van der Waals surface area contributed by atoms with Crippen LogP contribution < -0.4 is 15.0 Å². The van der Waals surface area contributed by atoms with Crippen molar-refractivity contribution in [2.24, 2.45) is 0 Å². The molecule has 0 radical (unpaired) electrons. The number of carboxylic acids is 1. The number of methoxy groups -OCH3 is 1. The lowest BCUT2D eigenvalue weighted by Gasteiger charge is -2.27. The Balaban J connectivity index is 1.64. The summed E-state index contributed by atoms with van der Waals surface area (Å²) in [6.07, 6.45) is 1.74. The van der Waals surface area contributed by atoms with Crippen LogP contribution in [0, 0.1) is 0 Å². The van der Waals surface area contributed by atoms with Gasteiger partial charge in [0, 0.05) is 11.8 Å². The molecule has 2 atom stereocenters. The van der Waals surface area contributed by atoms with Gasteiger partial charge in [-0.3, -0.25) is 4.98 Å². The highest BCUT2D eigenvalue weighted by Crippen LogP contribution is 2.45. The van der Waals surface area contributed by atoms with E-state index in [9.17, 15) is 9.90 Å². The van der Waals surface area contributed by atoms with Gasteiger partial charge < -0.3 is 24.5 Å². The molecule has 8 heteroatoms. The molecule has 4 aromatic rings. The summed E-state index contributed by atoms with van der Waals surface area (Å²) in [5.41, 5.74) is 2.27. The van der Waals surface area contributed by atoms with Crippen LogP contribution in [0.1, 0.15) is 33.9 Å². The number of aromatic nitrogens is 1. The molecule has 1 aliphatic rings. The molecule has 0 bridgehead atoms. The number of thiocarbonyl (C=S) groups is 1. The maximum absolute atomic E-state index is 11.7. The van der Waals surface area contributed by atoms with Gasteiger partial charge in [0.2, 0.25) is 0 Å². The van der Waals surface area contributed by atoms with E-state index >= 15 is 0 Å². The molecule has 1 saturated heterocycles. The molecule has 2 aromatic heterocycles. The summed E-state index contributed by atoms with van der Waals surface area (Å²) in [7, 11) is 1.62. The summed E-state index contributed by atoms with van der Waals surface area (Å²) >= 11 is 5.75. The number of hydrogen-bond donors (Lipinski definition) is 2. The average Bonchev–Trinajstić information content (AvgIpc) is 3.49. The van der Waals surface area contributed by atoms with Crippen molar-refractivity contribution < 1.29 is 19.1 Å². The molecule has 1 aliphatic heterocycles. The highest BCUT2D eigenvalue weighted by Gasteiger charge is 2.43. The lowest BCUT2D eigenvalue weighted by molar-refractivity contribution is 0.0697. The Bertz CT molecular complexity index is 1350. The first-order valence-corrected chi connectivity index (χ1v) is 11.1. The minimum Gasteiger partial charge on any atom is -0.495 e. The highest BCUT2D eigenvalue weighted by molar-refractivity contribution is 7.80. The number of carboxylic acid groups (broad SMARTS) is 1. The molecule has 0 aliphatic carbocycles. The van der Waals surface area contributed by atoms with Gasteiger partial charge in [-0.15, -0.1) is 0 Å². The fourth-order valence-corrected chi connectivity index (χ4v) is 4.61. The second-order valence-corrected chi connectivity index (χ2v) is 8.11. The first-order chi connectivity index (χ1) is 16.6. The number of nitrogens with zero attached hydrogens (tertiary/aromatic N) is 2. The van der Waals surface area contributed by atoms with Gasteiger partial charge in [-0.1, -0.05) is 36.4 Å². The summed E-state index contributed by atoms with van der Waals surface area (Å²) in [6.45, 7) is 0. The Kier molecular flexibility index (Phi) is 5.73. The summed E-state index contributed by atoms with van der Waals surface area (Å²) in [5.74, 6) is 0.732. The molecule has 2 aromatic carbocycles. The summed E-state index contributed by atoms with van der Waals surface area (Å²) in [6, 6.07) is 23.1. The number of carbonyl (C=O) groups is 1. The van der Waals surface area contributed by atoms with Crippen LogP contribution in [0.25, 0.3) is 11.3 Å². The Labute approximate surface area is 201 Å². The van der Waals surface area contributed by atoms with Crippen LogP contribution in [0.15, 0.2) is 89.5 Å². The Morgan fingerprint density at radius 3 is 2.59 bits per heavy atom. The second-order valence-electron chi connectivity index (χ2n) is 7.72. The number of rotatable bonds is 6. The summed E-state index contributed by atoms with van der Waals surface area (Å²) in [5, 5.41) is 13.5. The molecule has 34 heavy (non-hydrogen) atoms. The van der Waals surface area contributed by atoms with Crippen LogP contribution in [0.2, 0.25) is 0 Å². The summed E-state index contributed by atoms with van der Waals surface area (Å²) in [4.78, 5) is 18.2. The van der Waals surface area contributed by atoms with E-state index in [0.29, 0.717) is 27.9 Å². The van der Waals surface area contributed by atoms with E-state index in [1.54, 1.807) is 43.6 Å². The number of anilines is 1. The van der Waals surface area contributed by atoms with Crippen molar-refractivity contribution in [2.45, 2.75) is 12.1 Å². The minimum atomic E-state index is -1.01. The fourth-order valence-electron chi connectivity index (χ4n) is 4.27. The summed E-state index contributed by atoms with van der Waals surface area (Å²) < 4.78 is 11.9. The van der Waals surface area contributed by atoms with E-state index in [1.165, 1.54) is 0 Å². The van der Waals surface area contributed by atoms with Crippen molar-refractivity contribution in [1.29, 1.82) is 0 Å². The number of hydrogen-bond acceptors (Lipinski definition) is 5. The smallest absolute Gasteiger partial charge is 0.336 e. The van der Waals surface area contributed by atoms with Gasteiger partial charge in [0.25, 0.3) is 0 Å². The number of furan rings is 1. The molecular weight excluding hydrogens is 450 g/mol. The van der Waals surface area contributed by atoms with Crippen LogP contribution in [0.3, 0.4) is 0 Å². The van der Waals surface area contributed by atoms with Crippen molar-refractivity contribution >= 4 is 29.0 Å². The first-order valence-electron chi connectivity index (χ1n) is 10.6. The third-order valence-corrected chi connectivity index (χ3v) is 6.10. The fraction of sp³-hybridized carbons (Fsp3) is 0.115. The lowest BCUT2D eigenvalue weighted by Crippen LogP contribution is -2.29. The monoisotopic (exact) mass is 471 g/mol. The molecule has 3 heterocycles. The molecule has 170 valence electrons. The second kappa shape index (κ2) is 8.99. The standard InChI is InChI=1S/C26H21N3O4S/c1-32-21-12-5-4-11-19(21)29-24(23(28-26(29)34)18-10-6-7-15-27-18)22-14-13-20(33-22)16-8-2-3-9-17(16)25(30)31/h2-15,23-24H,1H3,(H,28,34)(H,30,31)/t23-,24+/m1/s1. The van der Waals surface area contributed by atoms with Crippen molar-refractivity contribution in [3.63, 3.8) is 0 Å². The van der Waals surface area contributed by atoms with Crippen LogP contribution in [-0.2, 0) is 0 Å². The molecule has 7 nitrogen and oxygen atoms in total. The van der Waals surface area contributed by atoms with Gasteiger partial charge in [0.05, 0.1) is 30.1 Å². The topological polar surface area (TPSA) is 87.8 Å². The molecule has 5 rings (SSSR count). The number of nitrogens with one attached hydrogen (secondary N) is 1. The van der Waals surface area contributed by atoms with Gasteiger partial charge in [-0.05, 0) is 54.7 Å². The predicted octanol–water partition coefficient (Wildman–Crippen LogP) is 5.23. The van der Waals surface area contributed by atoms with Gasteiger partial charge in [0.1, 0.15) is 23.3 Å². The van der Waals surface area contributed by atoms with E-state index in [-0.39, 0.29) is 17.6 Å². The van der Waals surface area contributed by atoms with E-state index in [1.807, 2.05) is 53.4 Å². The molecule has 0 unspecified atom stereocenters. The number of aromatic carboxylic acids is 1. The zero-order valence-electron chi connectivity index (χ0n) is 18.2. The number of pyridine rings is 1. The Morgan fingerprint density at radius 1 is 1.06 bits per heavy atom. The maximum Gasteiger partial charge on any atom is 0.336 e. The SMILES string of the molecule is COc1ccccc1N1C(=S)N[C@H](c2ccccn2)[C@@H]1c1ccc(-c2ccccc2C(=O)O)o1. The van der Waals surface area contributed by atoms with Gasteiger partial charge in [-0.2, -0.15) is 0 Å². The van der Waals surface area contributed by atoms with Crippen molar-refractivity contribution in [3.8, 4) is 17.1 Å². The van der Waals surface area contributed by atoms with Gasteiger partial charge >= 0.3 is 5.97 Å². The van der Waals surface area contributed by atoms with Crippen LogP contribution in [-0.4, -0.2) is 28.3 Å². The van der Waals surface area contributed by atoms with Crippen LogP contribution in [0.4, 0.5) is 5.69 Å². The van der Waals surface area contributed by atoms with E-state index < -0.39 is 5.97 Å². The number of benzene rings is 2. The van der Waals surface area contributed by atoms with E-state index in [4.69, 9.17) is 21.4 Å². The molecule has 0 saturated carbocycles. The van der Waals surface area contributed by atoms with Crippen molar-refractivity contribution in [1.82, 2.24) is 10.3 Å². The average molecular weight is 472 g/mol. The maximum atomic E-state index is 11.7. The Hall–Kier alpha value is -4.17. The zero-order chi connectivity index (χ0) is 23.7. The van der Waals surface area contributed by atoms with Crippen LogP contribution >= 0.6 is 12.2 Å². The number of ether oxygens (including phenoxy) is 1. The number of para-hydroxylation sites is 2. The molecule has 2 N–H and O–H groups in total. The Morgan fingerprint density at radius 2 is 1.82 bits per heavy atom. The molecule has 1 fully saturated rings. The van der Waals surface area contributed by atoms with Gasteiger partial charge in [-0.25, -0.2) is 4.79 Å². The molecule has 0 amide bonds. The van der Waals surface area contributed by atoms with Gasteiger partial charge in [0.15, 0.2) is 5.11 Å². The largest absolute Gasteiger partial charge is 0.495 e. The van der Waals surface area contributed by atoms with E-state index in [2.05, 4.69) is 10.3 Å². The van der Waals surface area contributed by atoms with Crippen molar-refractivity contribution in [2.75, 3.05) is 12.0 Å². The third kappa shape index (κ3) is 3.78. The predicted molar refractivity (Wildman–Crippen MR) is 132 cm³/mol. The lowest BCUT2D eigenvalue weighted by atomic mass is 10.0. The molecule has 0 spiro atoms. The zero-order valence-corrected chi connectivity index (χ0v) is 19.0. The highest BCUT2D eigenvalue weighted by atomic mass is 32.1. The first kappa shape index (κ1) is 21.7. The van der Waals surface area contributed by atoms with Crippen LogP contribution in [0.5, 0.6) is 5.75 Å². The quantitative estimate of drug-likeness (QED) is 0.370.